The van der Waals surface area contributed by atoms with E-state index in [9.17, 15) is 63.0 Å². The Morgan fingerprint density at radius 1 is 0.804 bits per heavy atom. The number of phosphoric ester groups is 2. The van der Waals surface area contributed by atoms with Crippen molar-refractivity contribution >= 4 is 55.5 Å². The number of imidazole rings is 1. The van der Waals surface area contributed by atoms with Crippen LogP contribution in [-0.4, -0.2) is 122 Å². The van der Waals surface area contributed by atoms with Gasteiger partial charge in [-0.05, 0) is 0 Å². The van der Waals surface area contributed by atoms with E-state index in [0.29, 0.717) is 4.57 Å². The van der Waals surface area contributed by atoms with Crippen LogP contribution >= 0.6 is 30.9 Å². The first-order valence-electron chi connectivity index (χ1n) is 13.7. The number of aliphatic hydroxyl groups is 4. The van der Waals surface area contributed by atoms with Gasteiger partial charge in [0.2, 0.25) is 7.57 Å². The number of H-pyrrole nitrogens is 1. The first-order chi connectivity index (χ1) is 23.6. The highest BCUT2D eigenvalue weighted by Crippen LogP contribution is 2.71. The number of hydrogen-bond acceptors (Lipinski definition) is 21. The third-order valence-electron chi connectivity index (χ3n) is 6.91. The van der Waals surface area contributed by atoms with Crippen LogP contribution in [-0.2, 0) is 49.7 Å². The summed E-state index contributed by atoms with van der Waals surface area (Å²) in [6.45, 7) is -2.23. The molecule has 0 saturated carbocycles. The van der Waals surface area contributed by atoms with Gasteiger partial charge in [-0.3, -0.25) is 32.5 Å². The molecule has 3 aromatic rings. The molecule has 12 atom stereocenters. The van der Waals surface area contributed by atoms with E-state index in [1.807, 2.05) is 4.98 Å². The largest absolute Gasteiger partial charge is 0.487 e. The number of phosphoric acid groups is 3. The molecule has 0 bridgehead atoms. The second kappa shape index (κ2) is 14.7. The molecular formula is C19H26BN7O20P4. The summed E-state index contributed by atoms with van der Waals surface area (Å²) in [7, 11) is -18.1. The van der Waals surface area contributed by atoms with Crippen molar-refractivity contribution in [3.8, 4) is 0 Å². The zero-order valence-corrected chi connectivity index (χ0v) is 28.5. The molecule has 2 aliphatic heterocycles. The van der Waals surface area contributed by atoms with Crippen LogP contribution in [0.25, 0.3) is 11.2 Å². The number of aliphatic hydroxyl groups excluding tert-OH is 4. The van der Waals surface area contributed by atoms with Gasteiger partial charge < -0.3 is 50.3 Å². The third-order valence-corrected chi connectivity index (χ3v) is 13.0. The number of ether oxygens (including phenoxy) is 2. The third kappa shape index (κ3) is 9.16. The van der Waals surface area contributed by atoms with Gasteiger partial charge in [-0.25, -0.2) is 42.1 Å². The second-order valence-electron chi connectivity index (χ2n) is 10.5. The van der Waals surface area contributed by atoms with E-state index >= 15 is 0 Å². The molecule has 0 spiro atoms. The second-order valence-corrected chi connectivity index (χ2v) is 16.8. The van der Waals surface area contributed by atoms with E-state index in [4.69, 9.17) is 22.8 Å². The number of anilines is 1. The minimum atomic E-state index is -6.10. The number of nitrogens with two attached hydrogens (primary N) is 1. The smallest absolute Gasteiger partial charge is 0.387 e. The summed E-state index contributed by atoms with van der Waals surface area (Å²) < 4.78 is 83.1. The summed E-state index contributed by atoms with van der Waals surface area (Å²) in [5.41, 5.74) is 4.08. The van der Waals surface area contributed by atoms with E-state index < -0.39 is 104 Å². The average Bonchev–Trinajstić information content (AvgIpc) is 3.64. The van der Waals surface area contributed by atoms with Gasteiger partial charge in [0.1, 0.15) is 48.5 Å². The van der Waals surface area contributed by atoms with E-state index in [0.717, 1.165) is 24.9 Å². The van der Waals surface area contributed by atoms with Crippen molar-refractivity contribution in [1.29, 1.82) is 0 Å². The molecule has 0 amide bonds. The Bertz CT molecular complexity index is 2080. The standard InChI is InChI=1S/C19H26BN7O20P4/c20-48(34,45-49(35,36)41-3-8-12(30)14(32)18(44-8)27-6-24-10-15(21)22-5-23-16(10)27)46-51(39,40)47-50(37,38)42-4-7-11(29)13(31)17(43-7)26-2-1-9(28)25-19(26)33/h1-2,5-8,11-14,17-18,29-32H,3-4H2,(H,35,36)(H,37,38)(H,39,40)(H2,21,22,23)(H,25,28,33)/t7-,8-,11-,12-,13-,14-,17-,18-,48?/m1/s1. The molecule has 32 heteroatoms. The highest BCUT2D eigenvalue weighted by Gasteiger charge is 2.49. The molecule has 5 heterocycles. The number of nitrogens with zero attached hydrogens (tertiary/aromatic N) is 5. The number of rotatable bonds is 14. The van der Waals surface area contributed by atoms with Gasteiger partial charge in [-0.2, -0.15) is 4.31 Å². The number of nitrogens with one attached hydrogen (secondary N) is 1. The lowest BCUT2D eigenvalue weighted by Crippen LogP contribution is -2.37. The Morgan fingerprint density at radius 3 is 1.90 bits per heavy atom. The number of hydrogen-bond donors (Lipinski definition) is 9. The maximum absolute atomic E-state index is 12.5. The van der Waals surface area contributed by atoms with Crippen LogP contribution in [0.3, 0.4) is 0 Å². The topological polar surface area (TPSA) is 399 Å². The lowest BCUT2D eigenvalue weighted by atomic mass is 10.1. The molecule has 2 aliphatic rings. The molecule has 0 aliphatic carbocycles. The summed E-state index contributed by atoms with van der Waals surface area (Å²) in [6, 6.07) is 0.886. The van der Waals surface area contributed by atoms with Crippen LogP contribution in [0.2, 0.25) is 0 Å². The minimum absolute atomic E-state index is 0.0110. The first kappa shape index (κ1) is 39.7. The summed E-state index contributed by atoms with van der Waals surface area (Å²) in [5.74, 6) is -0.0110. The SMILES string of the molecule is [B]P(=O)(OP(=O)(O)OC[C@H]1O[C@@H](n2cnc3c(N)ncnc32)[C@H](O)[C@@H]1O)OP(=O)(O)OP(=O)(O)OC[C@H]1O[C@@H](n2ccc(=O)[nH]c2=O)[C@H](O)[C@@H]1O. The fourth-order valence-electron chi connectivity index (χ4n) is 4.71. The Morgan fingerprint density at radius 2 is 1.33 bits per heavy atom. The van der Waals surface area contributed by atoms with Crippen molar-refractivity contribution < 1.29 is 84.8 Å². The average molecular weight is 807 g/mol. The summed E-state index contributed by atoms with van der Waals surface area (Å²) in [6.07, 6.45) is -10.4. The van der Waals surface area contributed by atoms with Gasteiger partial charge in [-0.15, -0.1) is 0 Å². The highest BCUT2D eigenvalue weighted by molar-refractivity contribution is 7.87. The predicted molar refractivity (Wildman–Crippen MR) is 161 cm³/mol. The Balaban J connectivity index is 1.14. The van der Waals surface area contributed by atoms with Crippen LogP contribution in [0.4, 0.5) is 5.82 Å². The molecule has 3 aromatic heterocycles. The van der Waals surface area contributed by atoms with Crippen molar-refractivity contribution in [3.05, 3.63) is 45.8 Å². The Kier molecular flexibility index (Phi) is 11.4. The van der Waals surface area contributed by atoms with E-state index in [1.54, 1.807) is 0 Å². The number of aromatic nitrogens is 6. The summed E-state index contributed by atoms with van der Waals surface area (Å²) in [5, 5.41) is 41.3. The molecule has 2 radical (unpaired) electrons. The van der Waals surface area contributed by atoms with Gasteiger partial charge in [0.05, 0.1) is 19.5 Å². The Hall–Kier alpha value is -2.55. The van der Waals surface area contributed by atoms with Gasteiger partial charge in [0, 0.05) is 12.3 Å². The molecule has 2 fully saturated rings. The molecule has 27 nitrogen and oxygen atoms in total. The van der Waals surface area contributed by atoms with Crippen molar-refractivity contribution in [2.75, 3.05) is 18.9 Å². The molecule has 280 valence electrons. The van der Waals surface area contributed by atoms with Crippen molar-refractivity contribution in [2.45, 2.75) is 49.1 Å². The van der Waals surface area contributed by atoms with Crippen LogP contribution in [0.15, 0.2) is 34.5 Å². The number of fused-ring (bicyclic) bond motifs is 1. The number of aromatic amines is 1. The maximum Gasteiger partial charge on any atom is 0.487 e. The number of nitrogen functional groups attached to an aromatic ring is 1. The van der Waals surface area contributed by atoms with Crippen molar-refractivity contribution in [2.24, 2.45) is 0 Å². The quantitative estimate of drug-likeness (QED) is 0.0574. The van der Waals surface area contributed by atoms with Crippen LogP contribution in [0.1, 0.15) is 12.5 Å². The monoisotopic (exact) mass is 807 g/mol. The lowest BCUT2D eigenvalue weighted by Gasteiger charge is -2.23. The van der Waals surface area contributed by atoms with E-state index in [2.05, 4.69) is 36.9 Å². The van der Waals surface area contributed by atoms with Crippen molar-refractivity contribution in [3.63, 3.8) is 0 Å². The van der Waals surface area contributed by atoms with Crippen molar-refractivity contribution in [1.82, 2.24) is 29.1 Å². The van der Waals surface area contributed by atoms with Gasteiger partial charge >= 0.3 is 29.2 Å². The fraction of sp³-hybridized carbons (Fsp3) is 0.526. The minimum Gasteiger partial charge on any atom is -0.387 e. The van der Waals surface area contributed by atoms with E-state index in [1.165, 1.54) is 4.57 Å². The fourth-order valence-corrected chi connectivity index (χ4v) is 9.87. The molecule has 4 unspecified atom stereocenters. The molecule has 5 rings (SSSR count). The summed E-state index contributed by atoms with van der Waals surface area (Å²) in [4.78, 5) is 66.6. The molecule has 10 N–H and O–H groups in total. The zero-order valence-electron chi connectivity index (χ0n) is 25.0. The highest BCUT2D eigenvalue weighted by atomic mass is 31.3. The zero-order chi connectivity index (χ0) is 37.7. The van der Waals surface area contributed by atoms with Crippen LogP contribution in [0, 0.1) is 0 Å². The van der Waals surface area contributed by atoms with Gasteiger partial charge in [0.25, 0.3) is 13.0 Å². The molecule has 2 saturated heterocycles. The Labute approximate surface area is 283 Å². The predicted octanol–water partition coefficient (Wildman–Crippen LogP) is -3.14. The van der Waals surface area contributed by atoms with Crippen LogP contribution < -0.4 is 17.0 Å². The molecular weight excluding hydrogens is 781 g/mol. The maximum atomic E-state index is 12.5. The summed E-state index contributed by atoms with van der Waals surface area (Å²) >= 11 is 0. The first-order valence-corrected chi connectivity index (χ1v) is 19.8. The van der Waals surface area contributed by atoms with Crippen LogP contribution in [0.5, 0.6) is 0 Å². The van der Waals surface area contributed by atoms with E-state index in [-0.39, 0.29) is 17.0 Å². The normalized spacial score (nSPS) is 31.5. The van der Waals surface area contributed by atoms with Gasteiger partial charge in [-0.1, -0.05) is 0 Å². The molecule has 51 heavy (non-hydrogen) atoms. The lowest BCUT2D eigenvalue weighted by molar-refractivity contribution is -0.0542. The van der Waals surface area contributed by atoms with Gasteiger partial charge in [0.15, 0.2) is 23.9 Å². The molecule has 0 aromatic carbocycles.